The van der Waals surface area contributed by atoms with Crippen molar-refractivity contribution in [2.75, 3.05) is 56.1 Å². The first-order chi connectivity index (χ1) is 13.8. The van der Waals surface area contributed by atoms with Gasteiger partial charge in [-0.05, 0) is 51.2 Å². The van der Waals surface area contributed by atoms with E-state index in [1.165, 1.54) is 0 Å². The largest absolute Gasteiger partial charge is 0.371 e. The topological polar surface area (TPSA) is 43.9 Å². The summed E-state index contributed by atoms with van der Waals surface area (Å²) in [5, 5.41) is 0. The summed E-state index contributed by atoms with van der Waals surface area (Å²) in [5.41, 5.74) is 1.50. The fourth-order valence-electron chi connectivity index (χ4n) is 3.62. The highest BCUT2D eigenvalue weighted by Crippen LogP contribution is 2.34. The first-order valence-electron chi connectivity index (χ1n) is 9.80. The molecule has 0 spiro atoms. The van der Waals surface area contributed by atoms with Crippen LogP contribution in [0.4, 0.5) is 20.2 Å². The molecule has 0 N–H and O–H groups in total. The second-order valence-corrected chi connectivity index (χ2v) is 9.14. The number of likely N-dealkylation sites (N-methyl/N-ethyl adjacent to an activating group) is 1. The van der Waals surface area contributed by atoms with Crippen LogP contribution in [0.15, 0.2) is 46.2 Å². The van der Waals surface area contributed by atoms with Crippen molar-refractivity contribution in [3.05, 3.63) is 48.0 Å². The van der Waals surface area contributed by atoms with Gasteiger partial charge >= 0.3 is 0 Å². The normalized spacial score (nSPS) is 15.6. The van der Waals surface area contributed by atoms with Crippen LogP contribution >= 0.6 is 0 Å². The molecule has 1 aliphatic rings. The van der Waals surface area contributed by atoms with Crippen molar-refractivity contribution in [2.24, 2.45) is 0 Å². The third-order valence-corrected chi connectivity index (χ3v) is 7.13. The molecule has 3 rings (SSSR count). The third-order valence-electron chi connectivity index (χ3n) is 5.35. The zero-order valence-electron chi connectivity index (χ0n) is 17.0. The molecule has 0 bridgehead atoms. The van der Waals surface area contributed by atoms with E-state index in [-0.39, 0.29) is 9.79 Å². The number of benzene rings is 2. The molecule has 0 saturated carbocycles. The molecule has 1 fully saturated rings. The van der Waals surface area contributed by atoms with E-state index in [4.69, 9.17) is 0 Å². The molecule has 1 saturated heterocycles. The highest BCUT2D eigenvalue weighted by Gasteiger charge is 2.26. The molecular formula is C21H27F2N3O2S. The lowest BCUT2D eigenvalue weighted by Crippen LogP contribution is -2.44. The molecule has 2 aromatic rings. The highest BCUT2D eigenvalue weighted by atomic mass is 32.2. The molecule has 8 heteroatoms. The maximum Gasteiger partial charge on any atom is 0.208 e. The van der Waals surface area contributed by atoms with E-state index in [1.807, 2.05) is 24.8 Å². The molecular weight excluding hydrogens is 396 g/mol. The van der Waals surface area contributed by atoms with E-state index in [9.17, 15) is 17.2 Å². The third kappa shape index (κ3) is 4.53. The van der Waals surface area contributed by atoms with Gasteiger partial charge in [-0.2, -0.15) is 0 Å². The van der Waals surface area contributed by atoms with Gasteiger partial charge < -0.3 is 14.7 Å². The van der Waals surface area contributed by atoms with Crippen molar-refractivity contribution in [2.45, 2.75) is 23.6 Å². The summed E-state index contributed by atoms with van der Waals surface area (Å²) in [7, 11) is -2.01. The smallest absolute Gasteiger partial charge is 0.208 e. The van der Waals surface area contributed by atoms with Crippen LogP contribution in [-0.4, -0.2) is 59.6 Å². The van der Waals surface area contributed by atoms with E-state index >= 15 is 0 Å². The second-order valence-electron chi connectivity index (χ2n) is 7.22. The van der Waals surface area contributed by atoms with Gasteiger partial charge in [0.1, 0.15) is 11.6 Å². The van der Waals surface area contributed by atoms with Crippen LogP contribution in [0.1, 0.15) is 13.8 Å². The van der Waals surface area contributed by atoms with Gasteiger partial charge in [0.05, 0.1) is 15.5 Å². The highest BCUT2D eigenvalue weighted by molar-refractivity contribution is 7.91. The van der Waals surface area contributed by atoms with Gasteiger partial charge in [-0.1, -0.05) is 0 Å². The molecule has 1 aliphatic heterocycles. The van der Waals surface area contributed by atoms with Gasteiger partial charge in [-0.15, -0.1) is 0 Å². The molecule has 2 aromatic carbocycles. The number of halogens is 2. The average Bonchev–Trinajstić information content (AvgIpc) is 2.68. The fraction of sp³-hybridized carbons (Fsp3) is 0.429. The quantitative estimate of drug-likeness (QED) is 0.713. The van der Waals surface area contributed by atoms with E-state index in [0.29, 0.717) is 24.8 Å². The zero-order chi connectivity index (χ0) is 21.2. The Morgan fingerprint density at radius 1 is 0.931 bits per heavy atom. The lowest BCUT2D eigenvalue weighted by molar-refractivity contribution is 0.313. The Balaban J connectivity index is 2.09. The Hall–Kier alpha value is -2.19. The van der Waals surface area contributed by atoms with E-state index in [0.717, 1.165) is 44.0 Å². The number of hydrogen-bond donors (Lipinski definition) is 0. The SMILES string of the molecule is CCN(CC)c1cc(N2CCN(C)CC2)ccc1S(=O)(=O)c1cc(F)cc(F)c1. The minimum absolute atomic E-state index is 0.0593. The van der Waals surface area contributed by atoms with Gasteiger partial charge in [-0.25, -0.2) is 17.2 Å². The standard InChI is InChI=1S/C21H27F2N3O2S/c1-4-25(5-2)20-15-18(26-10-8-24(3)9-11-26)6-7-21(20)29(27,28)19-13-16(22)12-17(23)14-19/h6-7,12-15H,4-5,8-11H2,1-3H3. The van der Waals surface area contributed by atoms with Gasteiger partial charge in [-0.3, -0.25) is 0 Å². The molecule has 0 aromatic heterocycles. The summed E-state index contributed by atoms with van der Waals surface area (Å²) < 4.78 is 53.8. The van der Waals surface area contributed by atoms with Gasteiger partial charge in [0.2, 0.25) is 9.84 Å². The van der Waals surface area contributed by atoms with E-state index in [1.54, 1.807) is 12.1 Å². The molecule has 0 atom stereocenters. The van der Waals surface area contributed by atoms with Crippen molar-refractivity contribution in [1.29, 1.82) is 0 Å². The molecule has 0 aliphatic carbocycles. The Labute approximate surface area is 171 Å². The maximum absolute atomic E-state index is 13.7. The monoisotopic (exact) mass is 423 g/mol. The first kappa shape index (κ1) is 21.5. The van der Waals surface area contributed by atoms with Crippen LogP contribution in [0.5, 0.6) is 0 Å². The average molecular weight is 424 g/mol. The Kier molecular flexibility index (Phi) is 6.43. The summed E-state index contributed by atoms with van der Waals surface area (Å²) in [4.78, 5) is 6.10. The fourth-order valence-corrected chi connectivity index (χ4v) is 5.12. The predicted octanol–water partition coefficient (Wildman–Crippen LogP) is 3.40. The molecule has 5 nitrogen and oxygen atoms in total. The number of nitrogens with zero attached hydrogens (tertiary/aromatic N) is 3. The lowest BCUT2D eigenvalue weighted by Gasteiger charge is -2.35. The number of rotatable bonds is 6. The van der Waals surface area contributed by atoms with E-state index < -0.39 is 21.5 Å². The molecule has 0 radical (unpaired) electrons. The van der Waals surface area contributed by atoms with Crippen molar-refractivity contribution in [3.8, 4) is 0 Å². The number of anilines is 2. The summed E-state index contributed by atoms with van der Waals surface area (Å²) in [6.45, 7) is 8.71. The van der Waals surface area contributed by atoms with Gasteiger partial charge in [0.15, 0.2) is 0 Å². The van der Waals surface area contributed by atoms with Gasteiger partial charge in [0, 0.05) is 51.0 Å². The summed E-state index contributed by atoms with van der Waals surface area (Å²) >= 11 is 0. The summed E-state index contributed by atoms with van der Waals surface area (Å²) in [5.74, 6) is -1.83. The Morgan fingerprint density at radius 2 is 1.52 bits per heavy atom. The van der Waals surface area contributed by atoms with Crippen LogP contribution in [-0.2, 0) is 9.84 Å². The van der Waals surface area contributed by atoms with Crippen LogP contribution in [0.2, 0.25) is 0 Å². The lowest BCUT2D eigenvalue weighted by atomic mass is 10.2. The minimum Gasteiger partial charge on any atom is -0.371 e. The van der Waals surface area contributed by atoms with Crippen molar-refractivity contribution < 1.29 is 17.2 Å². The predicted molar refractivity (Wildman–Crippen MR) is 112 cm³/mol. The number of sulfone groups is 1. The first-order valence-corrected chi connectivity index (χ1v) is 11.3. The van der Waals surface area contributed by atoms with E-state index in [2.05, 4.69) is 16.8 Å². The number of piperazine rings is 1. The molecule has 29 heavy (non-hydrogen) atoms. The Morgan fingerprint density at radius 3 is 2.07 bits per heavy atom. The second kappa shape index (κ2) is 8.67. The molecule has 1 heterocycles. The minimum atomic E-state index is -4.08. The van der Waals surface area contributed by atoms with Crippen molar-refractivity contribution in [3.63, 3.8) is 0 Å². The van der Waals surface area contributed by atoms with Crippen molar-refractivity contribution >= 4 is 21.2 Å². The van der Waals surface area contributed by atoms with Crippen LogP contribution in [0.25, 0.3) is 0 Å². The molecule has 158 valence electrons. The molecule has 0 amide bonds. The maximum atomic E-state index is 13.7. The van der Waals surface area contributed by atoms with Crippen LogP contribution < -0.4 is 9.80 Å². The zero-order valence-corrected chi connectivity index (χ0v) is 17.8. The van der Waals surface area contributed by atoms with Crippen molar-refractivity contribution in [1.82, 2.24) is 4.90 Å². The Bertz CT molecular complexity index is 950. The summed E-state index contributed by atoms with van der Waals surface area (Å²) in [6.07, 6.45) is 0. The molecule has 0 unspecified atom stereocenters. The van der Waals surface area contributed by atoms with Crippen LogP contribution in [0, 0.1) is 11.6 Å². The van der Waals surface area contributed by atoms with Gasteiger partial charge in [0.25, 0.3) is 0 Å². The summed E-state index contributed by atoms with van der Waals surface area (Å²) in [6, 6.07) is 7.60. The van der Waals surface area contributed by atoms with Crippen LogP contribution in [0.3, 0.4) is 0 Å². The number of hydrogen-bond acceptors (Lipinski definition) is 5.